The van der Waals surface area contributed by atoms with Crippen molar-refractivity contribution in [1.29, 1.82) is 0 Å². The van der Waals surface area contributed by atoms with Crippen LogP contribution in [-0.4, -0.2) is 32.4 Å². The van der Waals surface area contributed by atoms with Gasteiger partial charge in [-0.15, -0.1) is 0 Å². The van der Waals surface area contributed by atoms with E-state index in [1.807, 2.05) is 0 Å². The van der Waals surface area contributed by atoms with Gasteiger partial charge in [0.1, 0.15) is 5.56 Å². The standard InChI is InChI=1S/C8H8N4O3/c1-2-15-8(14)5-3-9-6-4-10-11-12(6)7(5)13/h3-4,11H,2H2,1H3. The average Bonchev–Trinajstić information content (AvgIpc) is 2.67. The molecule has 7 nitrogen and oxygen atoms in total. The summed E-state index contributed by atoms with van der Waals surface area (Å²) in [5, 5.41) is 6.04. The van der Waals surface area contributed by atoms with Crippen molar-refractivity contribution in [3.8, 4) is 0 Å². The number of H-pyrrole nitrogens is 1. The van der Waals surface area contributed by atoms with Crippen molar-refractivity contribution >= 4 is 11.6 Å². The van der Waals surface area contributed by atoms with Crippen LogP contribution >= 0.6 is 0 Å². The van der Waals surface area contributed by atoms with Gasteiger partial charge in [0.25, 0.3) is 5.56 Å². The van der Waals surface area contributed by atoms with Crippen molar-refractivity contribution in [3.05, 3.63) is 28.3 Å². The number of nitrogens with one attached hydrogen (secondary N) is 1. The van der Waals surface area contributed by atoms with E-state index in [1.165, 1.54) is 12.4 Å². The van der Waals surface area contributed by atoms with Crippen LogP contribution in [0.3, 0.4) is 0 Å². The zero-order valence-electron chi connectivity index (χ0n) is 7.93. The van der Waals surface area contributed by atoms with Gasteiger partial charge in [-0.25, -0.2) is 15.0 Å². The summed E-state index contributed by atoms with van der Waals surface area (Å²) < 4.78 is 5.78. The van der Waals surface area contributed by atoms with Crippen LogP contribution in [0.4, 0.5) is 0 Å². The lowest BCUT2D eigenvalue weighted by Gasteiger charge is -1.99. The van der Waals surface area contributed by atoms with E-state index < -0.39 is 11.5 Å². The van der Waals surface area contributed by atoms with Crippen LogP contribution in [0.1, 0.15) is 17.3 Å². The number of rotatable bonds is 2. The Balaban J connectivity index is 2.57. The minimum atomic E-state index is -0.681. The molecule has 0 atom stereocenters. The number of carbonyl (C=O) groups is 1. The maximum absolute atomic E-state index is 11.7. The molecule has 0 aliphatic rings. The third-order valence-corrected chi connectivity index (χ3v) is 1.82. The highest BCUT2D eigenvalue weighted by molar-refractivity contribution is 5.88. The fraction of sp³-hybridized carbons (Fsp3) is 0.250. The Morgan fingerprint density at radius 1 is 1.60 bits per heavy atom. The molecule has 0 bridgehead atoms. The van der Waals surface area contributed by atoms with E-state index >= 15 is 0 Å². The molecule has 2 rings (SSSR count). The minimum absolute atomic E-state index is 0.112. The topological polar surface area (TPSA) is 89.3 Å². The number of carbonyl (C=O) groups excluding carboxylic acids is 1. The number of hydrogen-bond donors (Lipinski definition) is 1. The van der Waals surface area contributed by atoms with Gasteiger partial charge in [-0.05, 0) is 6.92 Å². The molecule has 78 valence electrons. The SMILES string of the molecule is CCOC(=O)c1cnc2cn[nH]n2c1=O. The molecule has 0 aromatic carbocycles. The van der Waals surface area contributed by atoms with Crippen LogP contribution in [0.5, 0.6) is 0 Å². The zero-order chi connectivity index (χ0) is 10.8. The van der Waals surface area contributed by atoms with Crippen molar-refractivity contribution in [1.82, 2.24) is 19.8 Å². The molecule has 0 fully saturated rings. The van der Waals surface area contributed by atoms with Gasteiger partial charge < -0.3 is 4.74 Å². The van der Waals surface area contributed by atoms with Gasteiger partial charge in [0.15, 0.2) is 5.65 Å². The summed E-state index contributed by atoms with van der Waals surface area (Å²) >= 11 is 0. The van der Waals surface area contributed by atoms with Crippen LogP contribution < -0.4 is 5.56 Å². The van der Waals surface area contributed by atoms with Crippen LogP contribution in [0, 0.1) is 0 Å². The molecule has 1 N–H and O–H groups in total. The number of aromatic amines is 1. The first-order valence-corrected chi connectivity index (χ1v) is 4.32. The van der Waals surface area contributed by atoms with E-state index in [2.05, 4.69) is 15.3 Å². The van der Waals surface area contributed by atoms with Crippen molar-refractivity contribution in [2.45, 2.75) is 6.92 Å². The lowest BCUT2D eigenvalue weighted by atomic mass is 10.3. The summed E-state index contributed by atoms with van der Waals surface area (Å²) in [6.07, 6.45) is 2.57. The molecule has 2 aromatic heterocycles. The molecular formula is C8H8N4O3. The smallest absolute Gasteiger partial charge is 0.345 e. The molecule has 2 aromatic rings. The molecule has 0 aliphatic heterocycles. The molecule has 0 radical (unpaired) electrons. The number of hydrogen-bond acceptors (Lipinski definition) is 5. The Hall–Kier alpha value is -2.18. The Kier molecular flexibility index (Phi) is 2.20. The Morgan fingerprint density at radius 3 is 3.13 bits per heavy atom. The third-order valence-electron chi connectivity index (χ3n) is 1.82. The third kappa shape index (κ3) is 1.47. The second-order valence-corrected chi connectivity index (χ2v) is 2.75. The van der Waals surface area contributed by atoms with Gasteiger partial charge in [-0.3, -0.25) is 4.79 Å². The van der Waals surface area contributed by atoms with Crippen LogP contribution in [-0.2, 0) is 4.74 Å². The molecule has 0 saturated heterocycles. The highest BCUT2D eigenvalue weighted by Gasteiger charge is 2.14. The zero-order valence-corrected chi connectivity index (χ0v) is 7.93. The van der Waals surface area contributed by atoms with E-state index in [0.29, 0.717) is 5.65 Å². The summed E-state index contributed by atoms with van der Waals surface area (Å²) in [5.74, 6) is -0.681. The van der Waals surface area contributed by atoms with E-state index in [0.717, 1.165) is 4.52 Å². The monoisotopic (exact) mass is 208 g/mol. The summed E-state index contributed by atoms with van der Waals surface area (Å²) in [6, 6.07) is 0. The van der Waals surface area contributed by atoms with E-state index in [9.17, 15) is 9.59 Å². The fourth-order valence-corrected chi connectivity index (χ4v) is 1.15. The van der Waals surface area contributed by atoms with Gasteiger partial charge >= 0.3 is 5.97 Å². The Morgan fingerprint density at radius 2 is 2.40 bits per heavy atom. The normalized spacial score (nSPS) is 10.5. The van der Waals surface area contributed by atoms with Crippen LogP contribution in [0.25, 0.3) is 5.65 Å². The molecule has 2 heterocycles. The molecular weight excluding hydrogens is 200 g/mol. The number of esters is 1. The number of aromatic nitrogens is 4. The first kappa shape index (κ1) is 9.38. The van der Waals surface area contributed by atoms with Gasteiger partial charge in [-0.2, -0.15) is 9.61 Å². The Bertz CT molecular complexity index is 556. The van der Waals surface area contributed by atoms with Gasteiger partial charge in [0.05, 0.1) is 12.8 Å². The molecule has 15 heavy (non-hydrogen) atoms. The first-order chi connectivity index (χ1) is 7.24. The van der Waals surface area contributed by atoms with E-state index in [-0.39, 0.29) is 12.2 Å². The summed E-state index contributed by atoms with van der Waals surface area (Å²) in [5.41, 5.74) is -0.275. The van der Waals surface area contributed by atoms with E-state index in [4.69, 9.17) is 4.74 Å². The number of fused-ring (bicyclic) bond motifs is 1. The van der Waals surface area contributed by atoms with E-state index in [1.54, 1.807) is 6.92 Å². The predicted molar refractivity (Wildman–Crippen MR) is 49.6 cm³/mol. The predicted octanol–water partition coefficient (Wildman–Crippen LogP) is -0.406. The lowest BCUT2D eigenvalue weighted by molar-refractivity contribution is 0.0523. The molecule has 0 saturated carbocycles. The number of ether oxygens (including phenoxy) is 1. The maximum Gasteiger partial charge on any atom is 0.345 e. The molecule has 7 heteroatoms. The van der Waals surface area contributed by atoms with Crippen molar-refractivity contribution < 1.29 is 9.53 Å². The molecule has 0 aliphatic carbocycles. The second kappa shape index (κ2) is 3.52. The summed E-state index contributed by atoms with van der Waals surface area (Å²) in [4.78, 5) is 26.9. The molecule has 0 unspecified atom stereocenters. The van der Waals surface area contributed by atoms with Gasteiger partial charge in [0.2, 0.25) is 0 Å². The van der Waals surface area contributed by atoms with Crippen molar-refractivity contribution in [2.24, 2.45) is 0 Å². The molecule has 0 spiro atoms. The Labute approximate surface area is 83.7 Å². The highest BCUT2D eigenvalue weighted by Crippen LogP contribution is 1.96. The average molecular weight is 208 g/mol. The van der Waals surface area contributed by atoms with Gasteiger partial charge in [0, 0.05) is 6.20 Å². The molecule has 0 amide bonds. The summed E-state index contributed by atoms with van der Waals surface area (Å²) in [7, 11) is 0. The number of nitrogens with zero attached hydrogens (tertiary/aromatic N) is 3. The second-order valence-electron chi connectivity index (χ2n) is 2.75. The maximum atomic E-state index is 11.7. The fourth-order valence-electron chi connectivity index (χ4n) is 1.15. The van der Waals surface area contributed by atoms with Crippen LogP contribution in [0.15, 0.2) is 17.2 Å². The minimum Gasteiger partial charge on any atom is -0.462 e. The quantitative estimate of drug-likeness (QED) is 0.678. The van der Waals surface area contributed by atoms with Crippen molar-refractivity contribution in [3.63, 3.8) is 0 Å². The van der Waals surface area contributed by atoms with Crippen molar-refractivity contribution in [2.75, 3.05) is 6.61 Å². The lowest BCUT2D eigenvalue weighted by Crippen LogP contribution is -2.24. The van der Waals surface area contributed by atoms with Crippen LogP contribution in [0.2, 0.25) is 0 Å². The largest absolute Gasteiger partial charge is 0.462 e. The summed E-state index contributed by atoms with van der Waals surface area (Å²) in [6.45, 7) is 1.88. The highest BCUT2D eigenvalue weighted by atomic mass is 16.5. The van der Waals surface area contributed by atoms with Gasteiger partial charge in [-0.1, -0.05) is 0 Å². The first-order valence-electron chi connectivity index (χ1n) is 4.32.